The van der Waals surface area contributed by atoms with Crippen LogP contribution in [0, 0.1) is 47.3 Å². The molecule has 3 aliphatic rings. The van der Waals surface area contributed by atoms with E-state index in [0.717, 1.165) is 18.3 Å². The molecule has 0 heterocycles. The Morgan fingerprint density at radius 3 is 2.21 bits per heavy atom. The van der Waals surface area contributed by atoms with Gasteiger partial charge in [-0.15, -0.1) is 26.3 Å². The Morgan fingerprint density at radius 1 is 0.833 bits per heavy atom. The van der Waals surface area contributed by atoms with E-state index in [2.05, 4.69) is 74.9 Å². The Morgan fingerprint density at radius 2 is 1.54 bits per heavy atom. The molecule has 0 nitrogen and oxygen atoms in total. The summed E-state index contributed by atoms with van der Waals surface area (Å²) in [4.78, 5) is 0. The topological polar surface area (TPSA) is 0 Å². The van der Waals surface area contributed by atoms with E-state index in [1.165, 1.54) is 19.3 Å². The summed E-state index contributed by atoms with van der Waals surface area (Å²) >= 11 is 0. The molecule has 0 radical (unpaired) electrons. The molecule has 0 aromatic heterocycles. The Hall–Kier alpha value is -1.56. The first-order valence-electron chi connectivity index (χ1n) is 9.57. The molecule has 24 heavy (non-hydrogen) atoms. The normalized spacial score (nSPS) is 43.8. The van der Waals surface area contributed by atoms with Crippen molar-refractivity contribution in [3.8, 4) is 0 Å². The SMILES string of the molecule is C=CCC1C(C=C)CC(/C=C\C2CC(C=C)C3C=CCC23)C1C=C. The first-order chi connectivity index (χ1) is 11.7. The van der Waals surface area contributed by atoms with E-state index in [-0.39, 0.29) is 0 Å². The van der Waals surface area contributed by atoms with Crippen LogP contribution in [-0.4, -0.2) is 0 Å². The predicted octanol–water partition coefficient (Wildman–Crippen LogP) is 6.37. The molecule has 8 unspecified atom stereocenters. The van der Waals surface area contributed by atoms with E-state index in [1.807, 2.05) is 0 Å². The second kappa shape index (κ2) is 7.55. The van der Waals surface area contributed by atoms with Gasteiger partial charge in [0.05, 0.1) is 0 Å². The van der Waals surface area contributed by atoms with Crippen LogP contribution in [-0.2, 0) is 0 Å². The molecule has 8 atom stereocenters. The van der Waals surface area contributed by atoms with Gasteiger partial charge in [0, 0.05) is 0 Å². The average molecular weight is 321 g/mol. The monoisotopic (exact) mass is 320 g/mol. The van der Waals surface area contributed by atoms with Crippen LogP contribution < -0.4 is 0 Å². The summed E-state index contributed by atoms with van der Waals surface area (Å²) in [6.45, 7) is 16.2. The molecule has 3 rings (SSSR count). The van der Waals surface area contributed by atoms with Gasteiger partial charge >= 0.3 is 0 Å². The van der Waals surface area contributed by atoms with Gasteiger partial charge in [-0.25, -0.2) is 0 Å². The van der Waals surface area contributed by atoms with Gasteiger partial charge in [0.25, 0.3) is 0 Å². The Bertz CT molecular complexity index is 548. The molecule has 3 aliphatic carbocycles. The summed E-state index contributed by atoms with van der Waals surface area (Å²) in [6.07, 6.45) is 23.2. The van der Waals surface area contributed by atoms with Gasteiger partial charge in [0.1, 0.15) is 0 Å². The third kappa shape index (κ3) is 3.04. The van der Waals surface area contributed by atoms with Crippen molar-refractivity contribution >= 4 is 0 Å². The lowest BCUT2D eigenvalue weighted by atomic mass is 9.83. The maximum Gasteiger partial charge on any atom is -0.0133 e. The van der Waals surface area contributed by atoms with Gasteiger partial charge in [0.2, 0.25) is 0 Å². The third-order valence-corrected chi connectivity index (χ3v) is 6.85. The molecule has 0 saturated heterocycles. The van der Waals surface area contributed by atoms with E-state index in [9.17, 15) is 0 Å². The highest BCUT2D eigenvalue weighted by molar-refractivity contribution is 5.17. The zero-order chi connectivity index (χ0) is 17.1. The Labute approximate surface area is 148 Å². The largest absolute Gasteiger partial charge is 0.103 e. The maximum absolute atomic E-state index is 4.13. The van der Waals surface area contributed by atoms with Crippen LogP contribution in [0.4, 0.5) is 0 Å². The van der Waals surface area contributed by atoms with Crippen molar-refractivity contribution < 1.29 is 0 Å². The van der Waals surface area contributed by atoms with E-state index < -0.39 is 0 Å². The highest BCUT2D eigenvalue weighted by Crippen LogP contribution is 2.50. The molecule has 0 N–H and O–H groups in total. The fourth-order valence-electron chi connectivity index (χ4n) is 5.62. The molecule has 0 heteroatoms. The van der Waals surface area contributed by atoms with Crippen LogP contribution in [0.2, 0.25) is 0 Å². The van der Waals surface area contributed by atoms with Crippen LogP contribution in [0.1, 0.15) is 25.7 Å². The highest BCUT2D eigenvalue weighted by atomic mass is 14.5. The lowest BCUT2D eigenvalue weighted by Gasteiger charge is -2.21. The van der Waals surface area contributed by atoms with Crippen LogP contribution in [0.3, 0.4) is 0 Å². The lowest BCUT2D eigenvalue weighted by Crippen LogP contribution is -2.14. The molecule has 0 bridgehead atoms. The third-order valence-electron chi connectivity index (χ3n) is 6.85. The van der Waals surface area contributed by atoms with Gasteiger partial charge in [0.15, 0.2) is 0 Å². The summed E-state index contributed by atoms with van der Waals surface area (Å²) in [7, 11) is 0. The first-order valence-corrected chi connectivity index (χ1v) is 9.57. The minimum atomic E-state index is 0.552. The molecule has 0 aliphatic heterocycles. The minimum Gasteiger partial charge on any atom is -0.103 e. The second-order valence-corrected chi connectivity index (χ2v) is 7.89. The standard InChI is InChI=1S/C24H32/c1-5-10-22-17(6-2)15-19(21(22)8-4)13-14-20-16-18(7-3)23-11-9-12-24(20)23/h5-9,11,13-14,17-24H,1-4,10,12,15-16H2/b14-13-. The van der Waals surface area contributed by atoms with Crippen LogP contribution in [0.5, 0.6) is 0 Å². The van der Waals surface area contributed by atoms with Crippen molar-refractivity contribution in [2.75, 3.05) is 0 Å². The van der Waals surface area contributed by atoms with E-state index in [1.54, 1.807) is 0 Å². The number of hydrogen-bond donors (Lipinski definition) is 0. The maximum atomic E-state index is 4.13. The second-order valence-electron chi connectivity index (χ2n) is 7.89. The summed E-state index contributed by atoms with van der Waals surface area (Å²) in [5.74, 6) is 5.26. The van der Waals surface area contributed by atoms with Gasteiger partial charge in [-0.2, -0.15) is 0 Å². The lowest BCUT2D eigenvalue weighted by molar-refractivity contribution is 0.386. The van der Waals surface area contributed by atoms with Crippen molar-refractivity contribution in [1.29, 1.82) is 0 Å². The van der Waals surface area contributed by atoms with Gasteiger partial charge in [-0.3, -0.25) is 0 Å². The van der Waals surface area contributed by atoms with Gasteiger partial charge in [-0.1, -0.05) is 48.6 Å². The minimum absolute atomic E-state index is 0.552. The Balaban J connectivity index is 1.72. The van der Waals surface area contributed by atoms with Gasteiger partial charge < -0.3 is 0 Å². The van der Waals surface area contributed by atoms with Crippen molar-refractivity contribution in [3.05, 3.63) is 74.9 Å². The van der Waals surface area contributed by atoms with Crippen molar-refractivity contribution in [3.63, 3.8) is 0 Å². The quantitative estimate of drug-likeness (QED) is 0.478. The number of allylic oxidation sites excluding steroid dienone is 8. The number of hydrogen-bond acceptors (Lipinski definition) is 0. The molecule has 0 aromatic carbocycles. The van der Waals surface area contributed by atoms with Crippen LogP contribution in [0.15, 0.2) is 74.9 Å². The molecule has 0 aromatic rings. The number of rotatable bonds is 7. The zero-order valence-corrected chi connectivity index (χ0v) is 14.9. The summed E-state index contributed by atoms with van der Waals surface area (Å²) < 4.78 is 0. The fourth-order valence-corrected chi connectivity index (χ4v) is 5.62. The summed E-state index contributed by atoms with van der Waals surface area (Å²) in [5, 5.41) is 0. The average Bonchev–Trinajstić information content (AvgIpc) is 3.27. The molecule has 2 fully saturated rings. The highest BCUT2D eigenvalue weighted by Gasteiger charge is 2.42. The molecule has 0 spiro atoms. The first kappa shape index (κ1) is 17.3. The van der Waals surface area contributed by atoms with E-state index >= 15 is 0 Å². The van der Waals surface area contributed by atoms with Crippen molar-refractivity contribution in [2.45, 2.75) is 25.7 Å². The summed E-state index contributed by atoms with van der Waals surface area (Å²) in [6, 6.07) is 0. The zero-order valence-electron chi connectivity index (χ0n) is 14.9. The predicted molar refractivity (Wildman–Crippen MR) is 105 cm³/mol. The molecular formula is C24H32. The smallest absolute Gasteiger partial charge is 0.0133 e. The fraction of sp³-hybridized carbons (Fsp3) is 0.500. The number of fused-ring (bicyclic) bond motifs is 1. The molecular weight excluding hydrogens is 288 g/mol. The van der Waals surface area contributed by atoms with Crippen molar-refractivity contribution in [2.24, 2.45) is 47.3 Å². The van der Waals surface area contributed by atoms with Crippen LogP contribution in [0.25, 0.3) is 0 Å². The Kier molecular flexibility index (Phi) is 5.43. The molecule has 128 valence electrons. The van der Waals surface area contributed by atoms with E-state index in [0.29, 0.717) is 35.5 Å². The molecule has 2 saturated carbocycles. The van der Waals surface area contributed by atoms with E-state index in [4.69, 9.17) is 0 Å². The summed E-state index contributed by atoms with van der Waals surface area (Å²) in [5.41, 5.74) is 0. The van der Waals surface area contributed by atoms with Gasteiger partial charge in [-0.05, 0) is 73.0 Å². The molecule has 0 amide bonds. The van der Waals surface area contributed by atoms with Crippen molar-refractivity contribution in [1.82, 2.24) is 0 Å². The van der Waals surface area contributed by atoms with Crippen LogP contribution >= 0.6 is 0 Å².